The Bertz CT molecular complexity index is 872. The molecule has 0 bridgehead atoms. The normalized spacial score (nSPS) is 10.3. The number of carbonyl (C=O) groups is 2. The monoisotopic (exact) mass is 349 g/mol. The Morgan fingerprint density at radius 2 is 1.28 bits per heavy atom. The summed E-state index contributed by atoms with van der Waals surface area (Å²) in [6.07, 6.45) is 0. The lowest BCUT2D eigenvalue weighted by molar-refractivity contribution is 0.0904. The first kappa shape index (κ1) is 16.9. The summed E-state index contributed by atoms with van der Waals surface area (Å²) < 4.78 is 0. The summed E-state index contributed by atoms with van der Waals surface area (Å²) in [6, 6.07) is 23.8. The van der Waals surface area contributed by atoms with Gasteiger partial charge < -0.3 is 5.32 Å². The standard InChI is InChI=1S/C21H16ClNO2/c22-19-12-10-18(11-13-19)21(25)23-14-20(24)17-8-6-16(7-9-17)15-4-2-1-3-5-15/h1-13H,14H2,(H,23,25). The van der Waals surface area contributed by atoms with E-state index < -0.39 is 0 Å². The van der Waals surface area contributed by atoms with Gasteiger partial charge in [-0.25, -0.2) is 0 Å². The molecule has 0 fully saturated rings. The van der Waals surface area contributed by atoms with Gasteiger partial charge in [0.25, 0.3) is 5.91 Å². The first-order chi connectivity index (χ1) is 12.1. The molecule has 0 aliphatic carbocycles. The fourth-order valence-electron chi connectivity index (χ4n) is 2.45. The molecule has 0 saturated carbocycles. The molecule has 25 heavy (non-hydrogen) atoms. The van der Waals surface area contributed by atoms with Crippen molar-refractivity contribution in [3.8, 4) is 11.1 Å². The zero-order valence-electron chi connectivity index (χ0n) is 13.4. The van der Waals surface area contributed by atoms with Crippen LogP contribution in [0.5, 0.6) is 0 Å². The highest BCUT2D eigenvalue weighted by molar-refractivity contribution is 6.30. The largest absolute Gasteiger partial charge is 0.345 e. The predicted octanol–water partition coefficient (Wildman–Crippen LogP) is 4.62. The van der Waals surface area contributed by atoms with E-state index in [0.29, 0.717) is 16.1 Å². The molecule has 0 aliphatic rings. The van der Waals surface area contributed by atoms with Crippen molar-refractivity contribution in [2.45, 2.75) is 0 Å². The van der Waals surface area contributed by atoms with Crippen LogP contribution in [0.4, 0.5) is 0 Å². The smallest absolute Gasteiger partial charge is 0.251 e. The molecule has 0 aromatic heterocycles. The van der Waals surface area contributed by atoms with Gasteiger partial charge in [-0.15, -0.1) is 0 Å². The summed E-state index contributed by atoms with van der Waals surface area (Å²) >= 11 is 5.80. The average Bonchev–Trinajstić information content (AvgIpc) is 2.67. The third kappa shape index (κ3) is 4.34. The van der Waals surface area contributed by atoms with Gasteiger partial charge in [-0.2, -0.15) is 0 Å². The first-order valence-electron chi connectivity index (χ1n) is 7.86. The first-order valence-corrected chi connectivity index (χ1v) is 8.24. The maximum Gasteiger partial charge on any atom is 0.251 e. The molecule has 1 amide bonds. The van der Waals surface area contributed by atoms with Gasteiger partial charge in [0.15, 0.2) is 5.78 Å². The molecule has 3 aromatic carbocycles. The lowest BCUT2D eigenvalue weighted by atomic mass is 10.0. The van der Waals surface area contributed by atoms with Gasteiger partial charge in [0.1, 0.15) is 0 Å². The molecular weight excluding hydrogens is 334 g/mol. The molecule has 0 aliphatic heterocycles. The number of ketones is 1. The number of carbonyl (C=O) groups excluding carboxylic acids is 2. The van der Waals surface area contributed by atoms with Crippen LogP contribution in [0.2, 0.25) is 5.02 Å². The zero-order valence-corrected chi connectivity index (χ0v) is 14.2. The van der Waals surface area contributed by atoms with Gasteiger partial charge in [0.2, 0.25) is 0 Å². The number of amides is 1. The lowest BCUT2D eigenvalue weighted by Crippen LogP contribution is -2.29. The van der Waals surface area contributed by atoms with Gasteiger partial charge in [0.05, 0.1) is 6.54 Å². The second kappa shape index (κ2) is 7.77. The Balaban J connectivity index is 1.61. The lowest BCUT2D eigenvalue weighted by Gasteiger charge is -2.06. The SMILES string of the molecule is O=C(CNC(=O)c1ccc(Cl)cc1)c1ccc(-c2ccccc2)cc1. The van der Waals surface area contributed by atoms with Gasteiger partial charge in [0, 0.05) is 16.1 Å². The molecule has 3 nitrogen and oxygen atoms in total. The number of hydrogen-bond acceptors (Lipinski definition) is 2. The second-order valence-corrected chi connectivity index (χ2v) is 5.99. The highest BCUT2D eigenvalue weighted by Crippen LogP contribution is 2.19. The fourth-order valence-corrected chi connectivity index (χ4v) is 2.57. The minimum Gasteiger partial charge on any atom is -0.345 e. The molecule has 3 aromatic rings. The summed E-state index contributed by atoms with van der Waals surface area (Å²) in [6.45, 7) is -0.0495. The summed E-state index contributed by atoms with van der Waals surface area (Å²) in [4.78, 5) is 24.3. The third-order valence-electron chi connectivity index (χ3n) is 3.83. The van der Waals surface area contributed by atoms with Crippen LogP contribution in [0.1, 0.15) is 20.7 Å². The van der Waals surface area contributed by atoms with Crippen LogP contribution in [0.25, 0.3) is 11.1 Å². The van der Waals surface area contributed by atoms with Gasteiger partial charge in [-0.05, 0) is 35.4 Å². The molecule has 1 N–H and O–H groups in total. The quantitative estimate of drug-likeness (QED) is 0.683. The van der Waals surface area contributed by atoms with Crippen molar-refractivity contribution in [1.29, 1.82) is 0 Å². The molecule has 0 atom stereocenters. The number of benzene rings is 3. The molecule has 124 valence electrons. The summed E-state index contributed by atoms with van der Waals surface area (Å²) in [5.74, 6) is -0.437. The van der Waals surface area contributed by atoms with Crippen molar-refractivity contribution < 1.29 is 9.59 Å². The number of hydrogen-bond donors (Lipinski definition) is 1. The van der Waals surface area contributed by atoms with E-state index in [2.05, 4.69) is 5.32 Å². The number of nitrogens with one attached hydrogen (secondary N) is 1. The fraction of sp³-hybridized carbons (Fsp3) is 0.0476. The van der Waals surface area contributed by atoms with E-state index in [1.54, 1.807) is 36.4 Å². The van der Waals surface area contributed by atoms with Crippen molar-refractivity contribution in [3.63, 3.8) is 0 Å². The van der Waals surface area contributed by atoms with E-state index in [4.69, 9.17) is 11.6 Å². The number of halogens is 1. The maximum absolute atomic E-state index is 12.2. The van der Waals surface area contributed by atoms with Crippen LogP contribution in [-0.2, 0) is 0 Å². The molecule has 4 heteroatoms. The minimum absolute atomic E-state index is 0.0495. The van der Waals surface area contributed by atoms with Gasteiger partial charge in [-0.1, -0.05) is 66.2 Å². The number of rotatable bonds is 5. The third-order valence-corrected chi connectivity index (χ3v) is 4.08. The Morgan fingerprint density at radius 1 is 0.720 bits per heavy atom. The van der Waals surface area contributed by atoms with E-state index in [1.165, 1.54) is 0 Å². The Kier molecular flexibility index (Phi) is 5.26. The van der Waals surface area contributed by atoms with Crippen molar-refractivity contribution in [2.75, 3.05) is 6.54 Å². The van der Waals surface area contributed by atoms with Crippen LogP contribution in [0.15, 0.2) is 78.9 Å². The highest BCUT2D eigenvalue weighted by Gasteiger charge is 2.10. The Hall–Kier alpha value is -2.91. The van der Waals surface area contributed by atoms with E-state index in [-0.39, 0.29) is 18.2 Å². The van der Waals surface area contributed by atoms with Gasteiger partial charge >= 0.3 is 0 Å². The van der Waals surface area contributed by atoms with Crippen molar-refractivity contribution in [3.05, 3.63) is 95.0 Å². The zero-order chi connectivity index (χ0) is 17.6. The summed E-state index contributed by atoms with van der Waals surface area (Å²) in [5, 5.41) is 3.19. The van der Waals surface area contributed by atoms with Crippen LogP contribution in [0, 0.1) is 0 Å². The summed E-state index contributed by atoms with van der Waals surface area (Å²) in [5.41, 5.74) is 3.17. The highest BCUT2D eigenvalue weighted by atomic mass is 35.5. The second-order valence-electron chi connectivity index (χ2n) is 5.56. The van der Waals surface area contributed by atoms with Crippen LogP contribution >= 0.6 is 11.6 Å². The molecular formula is C21H16ClNO2. The van der Waals surface area contributed by atoms with Crippen molar-refractivity contribution in [2.24, 2.45) is 0 Å². The van der Waals surface area contributed by atoms with E-state index >= 15 is 0 Å². The van der Waals surface area contributed by atoms with E-state index in [0.717, 1.165) is 11.1 Å². The number of Topliss-reactive ketones (excluding diaryl/α,β-unsaturated/α-hetero) is 1. The molecule has 0 spiro atoms. The molecule has 0 unspecified atom stereocenters. The van der Waals surface area contributed by atoms with Crippen molar-refractivity contribution in [1.82, 2.24) is 5.32 Å². The molecule has 0 saturated heterocycles. The van der Waals surface area contributed by atoms with Gasteiger partial charge in [-0.3, -0.25) is 9.59 Å². The van der Waals surface area contributed by atoms with E-state index in [1.807, 2.05) is 42.5 Å². The van der Waals surface area contributed by atoms with Crippen LogP contribution in [-0.4, -0.2) is 18.2 Å². The molecule has 0 heterocycles. The Labute approximate surface area is 151 Å². The van der Waals surface area contributed by atoms with Crippen LogP contribution < -0.4 is 5.32 Å². The van der Waals surface area contributed by atoms with Crippen LogP contribution in [0.3, 0.4) is 0 Å². The summed E-state index contributed by atoms with van der Waals surface area (Å²) in [7, 11) is 0. The topological polar surface area (TPSA) is 46.2 Å². The average molecular weight is 350 g/mol. The van der Waals surface area contributed by atoms with Crippen molar-refractivity contribution >= 4 is 23.3 Å². The predicted molar refractivity (Wildman–Crippen MR) is 100.0 cm³/mol. The maximum atomic E-state index is 12.2. The Morgan fingerprint density at radius 3 is 1.92 bits per heavy atom. The van der Waals surface area contributed by atoms with E-state index in [9.17, 15) is 9.59 Å². The molecule has 0 radical (unpaired) electrons. The molecule has 3 rings (SSSR count). The minimum atomic E-state index is -0.300.